The number of halogens is 1. The number of hydroxylamine groups is 1. The molecule has 0 aliphatic rings. The first-order chi connectivity index (χ1) is 14.1. The summed E-state index contributed by atoms with van der Waals surface area (Å²) in [6.07, 6.45) is 0. The van der Waals surface area contributed by atoms with E-state index in [0.29, 0.717) is 4.90 Å². The smallest absolute Gasteiger partial charge is 0.308 e. The van der Waals surface area contributed by atoms with Crippen LogP contribution in [0.25, 0.3) is 0 Å². The third kappa shape index (κ3) is 5.27. The zero-order valence-corrected chi connectivity index (χ0v) is 16.3. The number of hydrogen-bond acceptors (Lipinski definition) is 7. The van der Waals surface area contributed by atoms with Crippen LogP contribution in [-0.4, -0.2) is 41.4 Å². The molecule has 2 aromatic carbocycles. The van der Waals surface area contributed by atoms with Gasteiger partial charge in [0.2, 0.25) is 0 Å². The van der Waals surface area contributed by atoms with E-state index in [4.69, 9.17) is 5.21 Å². The van der Waals surface area contributed by atoms with Crippen molar-refractivity contribution in [3.05, 3.63) is 70.0 Å². The molecule has 0 bridgehead atoms. The minimum absolute atomic E-state index is 0.0226. The Morgan fingerprint density at radius 3 is 2.37 bits per heavy atom. The second kappa shape index (κ2) is 9.28. The average molecular weight is 440 g/mol. The second-order valence-electron chi connectivity index (χ2n) is 6.03. The van der Waals surface area contributed by atoms with E-state index in [1.807, 2.05) is 0 Å². The minimum atomic E-state index is -4.44. The molecule has 0 aliphatic heterocycles. The van der Waals surface area contributed by atoms with Crippen molar-refractivity contribution in [2.75, 3.05) is 0 Å². The third-order valence-electron chi connectivity index (χ3n) is 4.09. The van der Waals surface area contributed by atoms with Crippen molar-refractivity contribution in [3.8, 4) is 0 Å². The monoisotopic (exact) mass is 440 g/mol. The van der Waals surface area contributed by atoms with E-state index in [1.165, 1.54) is 36.7 Å². The molecule has 3 amide bonds. The predicted octanol–water partition coefficient (Wildman–Crippen LogP) is 1.53. The van der Waals surface area contributed by atoms with Crippen LogP contribution in [0, 0.1) is 15.9 Å². The molecule has 0 saturated heterocycles. The van der Waals surface area contributed by atoms with Gasteiger partial charge in [-0.2, -0.15) is 0 Å². The highest BCUT2D eigenvalue weighted by molar-refractivity contribution is 7.90. The van der Waals surface area contributed by atoms with Crippen LogP contribution in [0.15, 0.2) is 53.4 Å². The van der Waals surface area contributed by atoms with Gasteiger partial charge in [-0.25, -0.2) is 27.8 Å². The number of rotatable bonds is 7. The van der Waals surface area contributed by atoms with Crippen molar-refractivity contribution in [2.24, 2.45) is 0 Å². The maximum absolute atomic E-state index is 13.0. The Bertz CT molecular complexity index is 1060. The van der Waals surface area contributed by atoms with Crippen LogP contribution in [0.2, 0.25) is 0 Å². The molecule has 2 rings (SSSR count). The van der Waals surface area contributed by atoms with E-state index in [0.717, 1.165) is 24.3 Å². The van der Waals surface area contributed by atoms with Crippen molar-refractivity contribution in [2.45, 2.75) is 24.4 Å². The number of hydrogen-bond donors (Lipinski definition) is 3. The van der Waals surface area contributed by atoms with Crippen LogP contribution in [-0.2, 0) is 21.4 Å². The maximum Gasteiger partial charge on any atom is 0.332 e. The summed E-state index contributed by atoms with van der Waals surface area (Å²) < 4.78 is 39.6. The zero-order valence-electron chi connectivity index (χ0n) is 15.5. The number of benzene rings is 2. The summed E-state index contributed by atoms with van der Waals surface area (Å²) in [6, 6.07) is 6.31. The number of nitro groups is 1. The van der Waals surface area contributed by atoms with Gasteiger partial charge in [0.15, 0.2) is 0 Å². The van der Waals surface area contributed by atoms with Gasteiger partial charge in [0.05, 0.1) is 16.4 Å². The van der Waals surface area contributed by atoms with Crippen LogP contribution >= 0.6 is 0 Å². The Kier molecular flexibility index (Phi) is 7.02. The molecule has 3 N–H and O–H groups in total. The van der Waals surface area contributed by atoms with Crippen LogP contribution < -0.4 is 10.2 Å². The fourth-order valence-corrected chi connectivity index (χ4v) is 3.43. The lowest BCUT2D eigenvalue weighted by Gasteiger charge is -2.27. The van der Waals surface area contributed by atoms with Crippen LogP contribution in [0.3, 0.4) is 0 Å². The van der Waals surface area contributed by atoms with Gasteiger partial charge in [0.1, 0.15) is 11.9 Å². The second-order valence-corrected chi connectivity index (χ2v) is 7.71. The fourth-order valence-electron chi connectivity index (χ4n) is 2.47. The minimum Gasteiger partial charge on any atom is -0.308 e. The van der Waals surface area contributed by atoms with E-state index < -0.39 is 50.2 Å². The van der Waals surface area contributed by atoms with Gasteiger partial charge in [-0.15, -0.1) is 0 Å². The number of carbonyl (C=O) groups is 2. The molecular weight excluding hydrogens is 423 g/mol. The first-order valence-corrected chi connectivity index (χ1v) is 9.80. The van der Waals surface area contributed by atoms with Gasteiger partial charge < -0.3 is 4.90 Å². The molecule has 13 heteroatoms. The van der Waals surface area contributed by atoms with E-state index in [1.54, 1.807) is 4.72 Å². The number of sulfonamides is 1. The molecular formula is C17H17FN4O7S. The first-order valence-electron chi connectivity index (χ1n) is 8.32. The van der Waals surface area contributed by atoms with Gasteiger partial charge in [-0.1, -0.05) is 18.2 Å². The summed E-state index contributed by atoms with van der Waals surface area (Å²) >= 11 is 0. The molecule has 0 fully saturated rings. The zero-order chi connectivity index (χ0) is 22.5. The first kappa shape index (κ1) is 22.7. The number of para-hydroxylation sites is 1. The molecule has 0 aliphatic carbocycles. The number of nitrogens with one attached hydrogen (secondary N) is 2. The van der Waals surface area contributed by atoms with Crippen molar-refractivity contribution in [1.82, 2.24) is 15.1 Å². The number of urea groups is 1. The van der Waals surface area contributed by atoms with Gasteiger partial charge in [0.25, 0.3) is 21.6 Å². The number of nitro benzene ring substituents is 1. The maximum atomic E-state index is 13.0. The van der Waals surface area contributed by atoms with Gasteiger partial charge in [-0.3, -0.25) is 20.1 Å². The van der Waals surface area contributed by atoms with E-state index in [2.05, 4.69) is 0 Å². The molecule has 0 unspecified atom stereocenters. The molecule has 2 aromatic rings. The molecule has 11 nitrogen and oxygen atoms in total. The SMILES string of the molecule is C[C@@H](C(=O)NO)N(Cc1ccccc1[N+](=O)[O-])C(=O)NS(=O)(=O)c1ccc(F)cc1. The number of amides is 3. The summed E-state index contributed by atoms with van der Waals surface area (Å²) in [5.74, 6) is -1.74. The molecule has 160 valence electrons. The summed E-state index contributed by atoms with van der Waals surface area (Å²) in [5, 5.41) is 20.1. The predicted molar refractivity (Wildman–Crippen MR) is 100 cm³/mol. The Labute approximate surface area is 170 Å². The van der Waals surface area contributed by atoms with Crippen LogP contribution in [0.5, 0.6) is 0 Å². The molecule has 1 atom stereocenters. The Hall–Kier alpha value is -3.58. The van der Waals surface area contributed by atoms with E-state index in [9.17, 15) is 32.5 Å². The van der Waals surface area contributed by atoms with Crippen molar-refractivity contribution in [3.63, 3.8) is 0 Å². The summed E-state index contributed by atoms with van der Waals surface area (Å²) in [6.45, 7) is 0.668. The quantitative estimate of drug-likeness (QED) is 0.334. The Morgan fingerprint density at radius 1 is 1.20 bits per heavy atom. The fraction of sp³-hybridized carbons (Fsp3) is 0.176. The number of carbonyl (C=O) groups excluding carboxylic acids is 2. The highest BCUT2D eigenvalue weighted by atomic mass is 32.2. The van der Waals surface area contributed by atoms with Crippen molar-refractivity contribution >= 4 is 27.6 Å². The lowest BCUT2D eigenvalue weighted by molar-refractivity contribution is -0.385. The van der Waals surface area contributed by atoms with Crippen LogP contribution in [0.4, 0.5) is 14.9 Å². The Balaban J connectivity index is 2.37. The topological polar surface area (TPSA) is 159 Å². The summed E-state index contributed by atoms with van der Waals surface area (Å²) in [4.78, 5) is 35.3. The van der Waals surface area contributed by atoms with Gasteiger partial charge in [-0.05, 0) is 31.2 Å². The summed E-state index contributed by atoms with van der Waals surface area (Å²) in [5.41, 5.74) is 1.01. The van der Waals surface area contributed by atoms with E-state index >= 15 is 0 Å². The average Bonchev–Trinajstić information content (AvgIpc) is 2.70. The molecule has 0 saturated carbocycles. The highest BCUT2D eigenvalue weighted by Crippen LogP contribution is 2.21. The molecule has 30 heavy (non-hydrogen) atoms. The molecule has 0 aromatic heterocycles. The normalized spacial score (nSPS) is 12.0. The lowest BCUT2D eigenvalue weighted by atomic mass is 10.1. The van der Waals surface area contributed by atoms with Gasteiger partial charge >= 0.3 is 6.03 Å². The Morgan fingerprint density at radius 2 is 1.80 bits per heavy atom. The number of nitrogens with zero attached hydrogens (tertiary/aromatic N) is 2. The lowest BCUT2D eigenvalue weighted by Crippen LogP contribution is -2.51. The largest absolute Gasteiger partial charge is 0.332 e. The van der Waals surface area contributed by atoms with Crippen LogP contribution in [0.1, 0.15) is 12.5 Å². The van der Waals surface area contributed by atoms with Gasteiger partial charge in [0, 0.05) is 11.6 Å². The standard InChI is InChI=1S/C17H17FN4O7S/c1-11(16(23)19-25)21(10-12-4-2-3-5-15(12)22(26)27)17(24)20-30(28,29)14-8-6-13(18)7-9-14/h2-9,11,25H,10H2,1H3,(H,19,23)(H,20,24)/t11-/m0/s1. The summed E-state index contributed by atoms with van der Waals surface area (Å²) in [7, 11) is -4.44. The van der Waals surface area contributed by atoms with E-state index in [-0.39, 0.29) is 11.3 Å². The molecule has 0 heterocycles. The molecule has 0 spiro atoms. The van der Waals surface area contributed by atoms with Crippen molar-refractivity contribution in [1.29, 1.82) is 0 Å². The third-order valence-corrected chi connectivity index (χ3v) is 5.43. The highest BCUT2D eigenvalue weighted by Gasteiger charge is 2.31. The van der Waals surface area contributed by atoms with Crippen molar-refractivity contribution < 1.29 is 32.5 Å². The molecule has 0 radical (unpaired) electrons.